The molecule has 0 unspecified atom stereocenters. The first-order valence-corrected chi connectivity index (χ1v) is 4.03. The minimum atomic E-state index is 0. The second-order valence-corrected chi connectivity index (χ2v) is 2.37. The smallest absolute Gasteiger partial charge is 0.857 e. The molecule has 0 fully saturated rings. The number of aromatic nitrogens is 3. The fourth-order valence-electron chi connectivity index (χ4n) is 1.03. The third-order valence-corrected chi connectivity index (χ3v) is 1.55. The summed E-state index contributed by atoms with van der Waals surface area (Å²) in [6.45, 7) is 0. The molecule has 0 atom stereocenters. The van der Waals surface area contributed by atoms with Crippen molar-refractivity contribution in [3.05, 3.63) is 24.3 Å². The van der Waals surface area contributed by atoms with Gasteiger partial charge in [0.15, 0.2) is 5.82 Å². The Labute approximate surface area is 114 Å². The molecular formula is C9H8N5NaO. The summed E-state index contributed by atoms with van der Waals surface area (Å²) in [4.78, 5) is 14.4. The van der Waals surface area contributed by atoms with E-state index >= 15 is 0 Å². The number of H-pyrrole nitrogens is 1. The van der Waals surface area contributed by atoms with Crippen molar-refractivity contribution in [1.82, 2.24) is 15.0 Å². The van der Waals surface area contributed by atoms with E-state index in [1.165, 1.54) is 6.21 Å². The van der Waals surface area contributed by atoms with Crippen LogP contribution in [0.15, 0.2) is 23.5 Å². The van der Waals surface area contributed by atoms with Crippen LogP contribution in [0.2, 0.25) is 0 Å². The van der Waals surface area contributed by atoms with Crippen molar-refractivity contribution in [2.75, 3.05) is 7.11 Å². The van der Waals surface area contributed by atoms with Crippen LogP contribution in [-0.4, -0.2) is 28.3 Å². The Balaban J connectivity index is 0.000000711. The molecule has 76 valence electrons. The predicted molar refractivity (Wildman–Crippen MR) is 53.0 cm³/mol. The number of hydrogen-bond donors (Lipinski definition) is 1. The quantitative estimate of drug-likeness (QED) is 0.314. The van der Waals surface area contributed by atoms with Crippen molar-refractivity contribution in [2.45, 2.75) is 0 Å². The Morgan fingerprint density at radius 2 is 2.31 bits per heavy atom. The van der Waals surface area contributed by atoms with Crippen molar-refractivity contribution in [3.8, 4) is 6.19 Å². The second-order valence-electron chi connectivity index (χ2n) is 2.37. The fraction of sp³-hybridized carbons (Fsp3) is 0.111. The Bertz CT molecular complexity index is 469. The maximum Gasteiger partial charge on any atom is 1.00 e. The molecule has 0 aliphatic carbocycles. The predicted octanol–water partition coefficient (Wildman–Crippen LogP) is -3.16. The minimum absolute atomic E-state index is 0. The van der Waals surface area contributed by atoms with Gasteiger partial charge in [0.05, 0.1) is 23.4 Å². The molecule has 2 aromatic rings. The van der Waals surface area contributed by atoms with Crippen LogP contribution >= 0.6 is 0 Å². The zero-order valence-corrected chi connectivity index (χ0v) is 11.0. The molecule has 2 rings (SSSR count). The molecule has 16 heavy (non-hydrogen) atoms. The third-order valence-electron chi connectivity index (χ3n) is 1.55. The molecule has 0 aliphatic rings. The molecule has 0 saturated carbocycles. The molecule has 0 spiro atoms. The summed E-state index contributed by atoms with van der Waals surface area (Å²) in [5.41, 5.74) is 1.65. The molecule has 2 heterocycles. The summed E-state index contributed by atoms with van der Waals surface area (Å²) in [6.07, 6.45) is 6.36. The molecule has 0 saturated heterocycles. The van der Waals surface area contributed by atoms with Crippen molar-refractivity contribution < 1.29 is 34.7 Å². The maximum absolute atomic E-state index is 8.25. The number of nitriles is 1. The average molecular weight is 225 g/mol. The number of rotatable bonds is 1. The summed E-state index contributed by atoms with van der Waals surface area (Å²) in [5.74, 6) is 0.560. The number of pyridine rings is 1. The van der Waals surface area contributed by atoms with Gasteiger partial charge in [-0.05, 0) is 6.07 Å². The first kappa shape index (κ1) is 14.7. The molecule has 0 amide bonds. The molecule has 0 aromatic carbocycles. The summed E-state index contributed by atoms with van der Waals surface area (Å²) >= 11 is 0. The molecule has 6 nitrogen and oxygen atoms in total. The molecule has 1 N–H and O–H groups in total. The van der Waals surface area contributed by atoms with Crippen LogP contribution in [0.25, 0.3) is 11.0 Å². The zero-order chi connectivity index (χ0) is 11.1. The van der Waals surface area contributed by atoms with Crippen LogP contribution < -0.4 is 34.7 Å². The Kier molecular flexibility index (Phi) is 7.33. The fourth-order valence-corrected chi connectivity index (χ4v) is 1.03. The van der Waals surface area contributed by atoms with Gasteiger partial charge in [-0.1, -0.05) is 0 Å². The van der Waals surface area contributed by atoms with Gasteiger partial charge in [-0.3, -0.25) is 4.98 Å². The van der Waals surface area contributed by atoms with Gasteiger partial charge in [0, 0.05) is 6.20 Å². The van der Waals surface area contributed by atoms with Gasteiger partial charge in [0.2, 0.25) is 6.19 Å². The standard InChI is InChI=1S/C8H5N5.CH3O.Na/c9-5-11-4-8-12-6-1-2-10-3-7(6)13-8;1-2;/h1-4H,(H,12,13);1H3;/q;-1;+1. The van der Waals surface area contributed by atoms with Gasteiger partial charge in [-0.15, -0.1) is 0 Å². The van der Waals surface area contributed by atoms with E-state index in [4.69, 9.17) is 10.4 Å². The van der Waals surface area contributed by atoms with Crippen molar-refractivity contribution >= 4 is 17.2 Å². The van der Waals surface area contributed by atoms with Crippen LogP contribution in [0.1, 0.15) is 5.82 Å². The number of hydrogen-bond acceptors (Lipinski definition) is 5. The van der Waals surface area contributed by atoms with E-state index in [0.29, 0.717) is 5.82 Å². The van der Waals surface area contributed by atoms with Gasteiger partial charge >= 0.3 is 29.6 Å². The average Bonchev–Trinajstić information content (AvgIpc) is 2.71. The number of fused-ring (bicyclic) bond motifs is 1. The molecule has 2 aromatic heterocycles. The summed E-state index contributed by atoms with van der Waals surface area (Å²) in [5, 5.41) is 16.5. The van der Waals surface area contributed by atoms with E-state index in [2.05, 4.69) is 19.9 Å². The Hall–Kier alpha value is -1.26. The minimum Gasteiger partial charge on any atom is -0.857 e. The van der Waals surface area contributed by atoms with E-state index in [1.807, 2.05) is 0 Å². The van der Waals surface area contributed by atoms with E-state index in [9.17, 15) is 0 Å². The van der Waals surface area contributed by atoms with Gasteiger partial charge in [0.25, 0.3) is 0 Å². The van der Waals surface area contributed by atoms with Crippen LogP contribution in [0.3, 0.4) is 0 Å². The van der Waals surface area contributed by atoms with Crippen LogP contribution in [0, 0.1) is 11.5 Å². The van der Waals surface area contributed by atoms with Gasteiger partial charge in [0.1, 0.15) is 0 Å². The summed E-state index contributed by atoms with van der Waals surface area (Å²) < 4.78 is 0. The third kappa shape index (κ3) is 3.72. The molecule has 0 bridgehead atoms. The number of imidazole rings is 1. The van der Waals surface area contributed by atoms with Crippen LogP contribution in [0.4, 0.5) is 0 Å². The zero-order valence-electron chi connectivity index (χ0n) is 9.01. The van der Waals surface area contributed by atoms with Crippen LogP contribution in [0.5, 0.6) is 0 Å². The number of nitrogens with zero attached hydrogens (tertiary/aromatic N) is 4. The normalized spacial score (nSPS) is 9.06. The Morgan fingerprint density at radius 1 is 1.56 bits per heavy atom. The summed E-state index contributed by atoms with van der Waals surface area (Å²) in [6, 6.07) is 1.79. The Morgan fingerprint density at radius 3 is 2.94 bits per heavy atom. The summed E-state index contributed by atoms with van der Waals surface area (Å²) in [7, 11) is 0.750. The van der Waals surface area contributed by atoms with E-state index in [0.717, 1.165) is 18.1 Å². The largest absolute Gasteiger partial charge is 1.00 e. The monoisotopic (exact) mass is 225 g/mol. The topological polar surface area (TPSA) is 101 Å². The molecule has 0 radical (unpaired) electrons. The van der Waals surface area contributed by atoms with Gasteiger partial charge < -0.3 is 10.1 Å². The van der Waals surface area contributed by atoms with Crippen molar-refractivity contribution in [3.63, 3.8) is 0 Å². The number of nitrogens with one attached hydrogen (secondary N) is 1. The van der Waals surface area contributed by atoms with Gasteiger partial charge in [-0.25, -0.2) is 4.98 Å². The van der Waals surface area contributed by atoms with Gasteiger partial charge in [-0.2, -0.15) is 17.4 Å². The molecule has 0 aliphatic heterocycles. The first-order chi connectivity index (χ1) is 7.40. The maximum atomic E-state index is 8.25. The van der Waals surface area contributed by atoms with Crippen molar-refractivity contribution in [1.29, 1.82) is 5.26 Å². The van der Waals surface area contributed by atoms with E-state index < -0.39 is 0 Å². The SMILES string of the molecule is C[O-].N#CN=Cc1nc2ccncc2[nH]1.[Na+]. The number of aromatic amines is 1. The molecular weight excluding hydrogens is 217 g/mol. The van der Waals surface area contributed by atoms with Crippen LogP contribution in [-0.2, 0) is 0 Å². The van der Waals surface area contributed by atoms with E-state index in [-0.39, 0.29) is 29.6 Å². The number of aliphatic imine (C=N–C) groups is 1. The molecule has 7 heteroatoms. The van der Waals surface area contributed by atoms with Crippen molar-refractivity contribution in [2.24, 2.45) is 4.99 Å². The van der Waals surface area contributed by atoms with E-state index in [1.54, 1.807) is 24.7 Å². The first-order valence-electron chi connectivity index (χ1n) is 4.03. The second kappa shape index (κ2) is 7.96.